The minimum Gasteiger partial charge on any atom is -0.412 e. The molecule has 0 amide bonds. The molecule has 2 atom stereocenters. The molecule has 0 saturated heterocycles. The van der Waals surface area contributed by atoms with Crippen molar-refractivity contribution in [1.82, 2.24) is 0 Å². The van der Waals surface area contributed by atoms with Gasteiger partial charge in [-0.25, -0.2) is 0 Å². The fraction of sp³-hybridized carbons (Fsp3) is 1.00. The van der Waals surface area contributed by atoms with Crippen molar-refractivity contribution >= 4 is 8.03 Å². The van der Waals surface area contributed by atoms with Gasteiger partial charge in [-0.3, -0.25) is 4.57 Å². The summed E-state index contributed by atoms with van der Waals surface area (Å²) in [7, 11) is -2.24. The predicted octanol–water partition coefficient (Wildman–Crippen LogP) is 1.20. The molecule has 3 nitrogen and oxygen atoms in total. The second-order valence-electron chi connectivity index (χ2n) is 2.23. The van der Waals surface area contributed by atoms with Crippen LogP contribution in [0.3, 0.4) is 0 Å². The SMILES string of the molecule is CCCC(CC)[PH](=O)O.O.[Ti]. The molecule has 0 aliphatic heterocycles. The van der Waals surface area contributed by atoms with Gasteiger partial charge in [-0.2, -0.15) is 0 Å². The van der Waals surface area contributed by atoms with E-state index in [0.29, 0.717) is 0 Å². The molecule has 2 unspecified atom stereocenters. The van der Waals surface area contributed by atoms with E-state index in [-0.39, 0.29) is 32.9 Å². The average Bonchev–Trinajstić information content (AvgIpc) is 1.82. The predicted molar refractivity (Wildman–Crippen MR) is 43.8 cm³/mol. The number of rotatable bonds is 4. The maximum absolute atomic E-state index is 10.5. The van der Waals surface area contributed by atoms with Crippen LogP contribution >= 0.6 is 8.03 Å². The van der Waals surface area contributed by atoms with E-state index in [1.165, 1.54) is 0 Å². The zero-order valence-corrected chi connectivity index (χ0v) is 9.62. The number of hydrogen-bond acceptors (Lipinski definition) is 1. The molecule has 3 N–H and O–H groups in total. The van der Waals surface area contributed by atoms with E-state index in [9.17, 15) is 4.57 Å². The first-order chi connectivity index (χ1) is 4.22. The van der Waals surface area contributed by atoms with E-state index < -0.39 is 8.03 Å². The Kier molecular flexibility index (Phi) is 17.6. The minimum atomic E-state index is -2.24. The monoisotopic (exact) mass is 216 g/mol. The smallest absolute Gasteiger partial charge is 0.192 e. The van der Waals surface area contributed by atoms with Crippen LogP contribution in [0.4, 0.5) is 0 Å². The van der Waals surface area contributed by atoms with Crippen LogP contribution in [0.2, 0.25) is 0 Å². The normalized spacial score (nSPS) is 14.1. The van der Waals surface area contributed by atoms with E-state index in [0.717, 1.165) is 19.3 Å². The quantitative estimate of drug-likeness (QED) is 0.566. The summed E-state index contributed by atoms with van der Waals surface area (Å²) in [5.74, 6) is 0. The molecule has 0 aromatic heterocycles. The molecule has 0 aliphatic rings. The van der Waals surface area contributed by atoms with Gasteiger partial charge in [-0.1, -0.05) is 20.3 Å². The van der Waals surface area contributed by atoms with Gasteiger partial charge in [0, 0.05) is 27.4 Å². The van der Waals surface area contributed by atoms with Gasteiger partial charge < -0.3 is 10.4 Å². The molecule has 5 heteroatoms. The van der Waals surface area contributed by atoms with Crippen molar-refractivity contribution in [3.63, 3.8) is 0 Å². The third kappa shape index (κ3) is 8.77. The summed E-state index contributed by atoms with van der Waals surface area (Å²) in [6, 6.07) is 0. The summed E-state index contributed by atoms with van der Waals surface area (Å²) in [6.45, 7) is 3.99. The van der Waals surface area contributed by atoms with E-state index in [4.69, 9.17) is 4.89 Å². The van der Waals surface area contributed by atoms with Crippen molar-refractivity contribution in [1.29, 1.82) is 0 Å². The third-order valence-electron chi connectivity index (χ3n) is 1.48. The Labute approximate surface area is 83.6 Å². The first-order valence-electron chi connectivity index (χ1n) is 3.45. The molecule has 0 aromatic carbocycles. The molecule has 0 saturated carbocycles. The van der Waals surface area contributed by atoms with Gasteiger partial charge in [0.1, 0.15) is 0 Å². The summed E-state index contributed by atoms with van der Waals surface area (Å²) in [6.07, 6.45) is 2.74. The van der Waals surface area contributed by atoms with Crippen molar-refractivity contribution in [3.05, 3.63) is 0 Å². The van der Waals surface area contributed by atoms with Crippen molar-refractivity contribution < 1.29 is 36.7 Å². The molecular formula is C6H17O3PTi. The summed E-state index contributed by atoms with van der Waals surface area (Å²) in [5, 5.41) is 0. The van der Waals surface area contributed by atoms with Crippen molar-refractivity contribution in [2.24, 2.45) is 0 Å². The molecule has 0 aromatic rings. The average molecular weight is 216 g/mol. The van der Waals surface area contributed by atoms with Gasteiger partial charge in [-0.15, -0.1) is 0 Å². The van der Waals surface area contributed by atoms with Crippen LogP contribution in [0.1, 0.15) is 33.1 Å². The van der Waals surface area contributed by atoms with E-state index in [2.05, 4.69) is 0 Å². The fourth-order valence-electron chi connectivity index (χ4n) is 0.851. The molecule has 11 heavy (non-hydrogen) atoms. The minimum absolute atomic E-state index is 0. The Morgan fingerprint density at radius 3 is 2.00 bits per heavy atom. The van der Waals surface area contributed by atoms with Crippen LogP contribution < -0.4 is 0 Å². The molecule has 0 aliphatic carbocycles. The molecule has 0 rings (SSSR count). The molecule has 0 spiro atoms. The van der Waals surface area contributed by atoms with Crippen LogP contribution in [-0.2, 0) is 26.3 Å². The molecular weight excluding hydrogens is 199 g/mol. The fourth-order valence-corrected chi connectivity index (χ4v) is 1.74. The largest absolute Gasteiger partial charge is 0.412 e. The van der Waals surface area contributed by atoms with Crippen LogP contribution in [0.15, 0.2) is 0 Å². The summed E-state index contributed by atoms with van der Waals surface area (Å²) in [5.41, 5.74) is 0.0694. The molecule has 0 fully saturated rings. The Morgan fingerprint density at radius 2 is 1.91 bits per heavy atom. The second-order valence-corrected chi connectivity index (χ2v) is 3.73. The molecule has 0 radical (unpaired) electrons. The van der Waals surface area contributed by atoms with E-state index in [1.54, 1.807) is 0 Å². The Balaban J connectivity index is -0.000000320. The van der Waals surface area contributed by atoms with Crippen LogP contribution in [-0.4, -0.2) is 16.0 Å². The third-order valence-corrected chi connectivity index (χ3v) is 2.87. The van der Waals surface area contributed by atoms with Crippen molar-refractivity contribution in [2.75, 3.05) is 0 Å². The van der Waals surface area contributed by atoms with Gasteiger partial charge in [0.15, 0.2) is 8.03 Å². The van der Waals surface area contributed by atoms with Crippen molar-refractivity contribution in [3.8, 4) is 0 Å². The van der Waals surface area contributed by atoms with Gasteiger partial charge >= 0.3 is 0 Å². The topological polar surface area (TPSA) is 68.8 Å². The Morgan fingerprint density at radius 1 is 1.45 bits per heavy atom. The molecule has 0 bridgehead atoms. The molecule has 68 valence electrons. The maximum atomic E-state index is 10.5. The van der Waals surface area contributed by atoms with Crippen LogP contribution in [0, 0.1) is 0 Å². The zero-order chi connectivity index (χ0) is 7.28. The summed E-state index contributed by atoms with van der Waals surface area (Å²) < 4.78 is 10.5. The van der Waals surface area contributed by atoms with Crippen molar-refractivity contribution in [2.45, 2.75) is 38.8 Å². The van der Waals surface area contributed by atoms with E-state index in [1.807, 2.05) is 13.8 Å². The standard InChI is InChI=1S/C6H15O2P.H2O.Ti/c1-3-5-6(4-2)9(7)8;;/h6,9H,3-5H2,1-2H3,(H,7,8);1H2;. The summed E-state index contributed by atoms with van der Waals surface area (Å²) in [4.78, 5) is 8.69. The summed E-state index contributed by atoms with van der Waals surface area (Å²) >= 11 is 0. The Bertz CT molecular complexity index is 99.8. The maximum Gasteiger partial charge on any atom is 0.192 e. The van der Waals surface area contributed by atoms with Crippen LogP contribution in [0.25, 0.3) is 0 Å². The van der Waals surface area contributed by atoms with Gasteiger partial charge in [0.25, 0.3) is 0 Å². The van der Waals surface area contributed by atoms with Gasteiger partial charge in [-0.05, 0) is 12.8 Å². The van der Waals surface area contributed by atoms with Gasteiger partial charge in [0.05, 0.1) is 0 Å². The van der Waals surface area contributed by atoms with Gasteiger partial charge in [0.2, 0.25) is 0 Å². The zero-order valence-electron chi connectivity index (χ0n) is 7.05. The molecule has 0 heterocycles. The first-order valence-corrected chi connectivity index (χ1v) is 4.88. The number of hydrogen-bond donors (Lipinski definition) is 1. The Hall–Kier alpha value is 0.864. The van der Waals surface area contributed by atoms with E-state index >= 15 is 0 Å². The second kappa shape index (κ2) is 10.9. The van der Waals surface area contributed by atoms with Crippen LogP contribution in [0.5, 0.6) is 0 Å². The first kappa shape index (κ1) is 17.8.